The molecule has 1 saturated heterocycles. The van der Waals surface area contributed by atoms with Crippen LogP contribution in [0.1, 0.15) is 50.9 Å². The molecule has 11 heteroatoms. The standard InChI is InChI=1S/C19H31N5O5S/c1-3-28-13(25)7-5-4-6-8-19(20)16-17(21-10-23-19)24(11-22-16)18-15(27)14(26)12(29-18)9-30-2/h10-12,14-15,18,26-27H,3-9,20H2,1-2H3,(H,21,23)/t12-,14-,15-,18-,19?/m1/s1. The Morgan fingerprint density at radius 2 is 2.20 bits per heavy atom. The third-order valence-corrected chi connectivity index (χ3v) is 6.06. The van der Waals surface area contributed by atoms with E-state index in [4.69, 9.17) is 15.2 Å². The normalized spacial score (nSPS) is 30.2. The minimum absolute atomic E-state index is 0.180. The molecule has 1 unspecified atom stereocenters. The Morgan fingerprint density at radius 3 is 2.93 bits per heavy atom. The number of carbonyl (C=O) groups is 1. The third-order valence-electron chi connectivity index (χ3n) is 5.40. The molecule has 0 amide bonds. The molecule has 0 bridgehead atoms. The summed E-state index contributed by atoms with van der Waals surface area (Å²) in [5, 5.41) is 23.8. The molecule has 3 rings (SSSR count). The summed E-state index contributed by atoms with van der Waals surface area (Å²) in [6.45, 7) is 2.19. The fourth-order valence-electron chi connectivity index (χ4n) is 3.79. The van der Waals surface area contributed by atoms with Crippen molar-refractivity contribution in [3.8, 4) is 0 Å². The van der Waals surface area contributed by atoms with Crippen LogP contribution in [0.15, 0.2) is 11.3 Å². The monoisotopic (exact) mass is 441 g/mol. The summed E-state index contributed by atoms with van der Waals surface area (Å²) in [6, 6.07) is 0. The van der Waals surface area contributed by atoms with Crippen LogP contribution in [0, 0.1) is 0 Å². The summed E-state index contributed by atoms with van der Waals surface area (Å²) in [5.41, 5.74) is 6.24. The number of aliphatic imine (C=N–C) groups is 1. The predicted molar refractivity (Wildman–Crippen MR) is 113 cm³/mol. The maximum Gasteiger partial charge on any atom is 0.305 e. The van der Waals surface area contributed by atoms with Gasteiger partial charge < -0.3 is 30.7 Å². The van der Waals surface area contributed by atoms with Crippen molar-refractivity contribution in [2.24, 2.45) is 10.7 Å². The van der Waals surface area contributed by atoms with Crippen LogP contribution in [0.5, 0.6) is 0 Å². The zero-order valence-corrected chi connectivity index (χ0v) is 18.2. The van der Waals surface area contributed by atoms with Gasteiger partial charge in [-0.1, -0.05) is 6.42 Å². The Balaban J connectivity index is 1.64. The number of thioether (sulfide) groups is 1. The molecule has 0 aromatic carbocycles. The SMILES string of the molecule is CCOC(=O)CCCCCC1(N)NC=Nc2c1ncn2[C@@H]1O[C@H](CSC)[C@@H](O)[C@H]1O. The number of carbonyl (C=O) groups excluding carboxylic acids is 1. The number of rotatable bonds is 10. The first-order valence-electron chi connectivity index (χ1n) is 10.2. The molecule has 5 N–H and O–H groups in total. The van der Waals surface area contributed by atoms with Crippen LogP contribution in [0.3, 0.4) is 0 Å². The molecule has 2 aliphatic heterocycles. The van der Waals surface area contributed by atoms with Gasteiger partial charge in [0.25, 0.3) is 0 Å². The number of imidazole rings is 1. The van der Waals surface area contributed by atoms with Crippen LogP contribution >= 0.6 is 11.8 Å². The topological polar surface area (TPSA) is 144 Å². The van der Waals surface area contributed by atoms with Gasteiger partial charge in [0, 0.05) is 12.2 Å². The van der Waals surface area contributed by atoms with Gasteiger partial charge in [-0.3, -0.25) is 9.36 Å². The van der Waals surface area contributed by atoms with Gasteiger partial charge in [0.2, 0.25) is 0 Å². The number of fused-ring (bicyclic) bond motifs is 1. The van der Waals surface area contributed by atoms with E-state index in [2.05, 4.69) is 15.3 Å². The third kappa shape index (κ3) is 4.80. The fraction of sp³-hybridized carbons (Fsp3) is 0.737. The molecule has 1 fully saturated rings. The lowest BCUT2D eigenvalue weighted by Crippen LogP contribution is -2.51. The highest BCUT2D eigenvalue weighted by atomic mass is 32.2. The summed E-state index contributed by atoms with van der Waals surface area (Å²) in [4.78, 5) is 20.2. The highest BCUT2D eigenvalue weighted by Crippen LogP contribution is 2.38. The Morgan fingerprint density at radius 1 is 1.40 bits per heavy atom. The summed E-state index contributed by atoms with van der Waals surface area (Å²) < 4.78 is 12.4. The van der Waals surface area contributed by atoms with Gasteiger partial charge in [-0.25, -0.2) is 9.98 Å². The van der Waals surface area contributed by atoms with Crippen molar-refractivity contribution in [3.05, 3.63) is 12.0 Å². The van der Waals surface area contributed by atoms with E-state index >= 15 is 0 Å². The number of aliphatic hydroxyl groups excluding tert-OH is 2. The van der Waals surface area contributed by atoms with E-state index in [1.807, 2.05) is 6.26 Å². The van der Waals surface area contributed by atoms with Crippen molar-refractivity contribution in [1.82, 2.24) is 14.9 Å². The van der Waals surface area contributed by atoms with Gasteiger partial charge in [0.05, 0.1) is 25.4 Å². The fourth-order valence-corrected chi connectivity index (χ4v) is 4.40. The number of nitrogens with one attached hydrogen (secondary N) is 1. The molecular weight excluding hydrogens is 410 g/mol. The van der Waals surface area contributed by atoms with E-state index < -0.39 is 30.2 Å². The lowest BCUT2D eigenvalue weighted by molar-refractivity contribution is -0.143. The molecular formula is C19H31N5O5S. The number of hydrogen-bond acceptors (Lipinski definition) is 10. The Bertz CT molecular complexity index is 760. The molecule has 5 atom stereocenters. The molecule has 0 spiro atoms. The van der Waals surface area contributed by atoms with Crippen LogP contribution in [0.4, 0.5) is 5.82 Å². The highest BCUT2D eigenvalue weighted by Gasteiger charge is 2.45. The second-order valence-electron chi connectivity index (χ2n) is 7.57. The van der Waals surface area contributed by atoms with Crippen molar-refractivity contribution in [2.75, 3.05) is 18.6 Å². The van der Waals surface area contributed by atoms with Crippen molar-refractivity contribution >= 4 is 29.9 Å². The number of aromatic nitrogens is 2. The molecule has 2 aliphatic rings. The van der Waals surface area contributed by atoms with Gasteiger partial charge in [0.15, 0.2) is 12.0 Å². The van der Waals surface area contributed by atoms with Crippen LogP contribution in [-0.4, -0.2) is 69.0 Å². The predicted octanol–water partition coefficient (Wildman–Crippen LogP) is 0.753. The molecule has 30 heavy (non-hydrogen) atoms. The zero-order valence-electron chi connectivity index (χ0n) is 17.4. The van der Waals surface area contributed by atoms with E-state index in [1.165, 1.54) is 6.34 Å². The number of aliphatic hydroxyl groups is 2. The van der Waals surface area contributed by atoms with Gasteiger partial charge in [-0.15, -0.1) is 0 Å². The maximum atomic E-state index is 11.4. The van der Waals surface area contributed by atoms with Crippen LogP contribution < -0.4 is 11.1 Å². The molecule has 0 radical (unpaired) electrons. The first-order chi connectivity index (χ1) is 14.4. The first-order valence-corrected chi connectivity index (χ1v) is 11.6. The van der Waals surface area contributed by atoms with Gasteiger partial charge >= 0.3 is 5.97 Å². The maximum absolute atomic E-state index is 11.4. The van der Waals surface area contributed by atoms with Crippen molar-refractivity contribution in [1.29, 1.82) is 0 Å². The van der Waals surface area contributed by atoms with Crippen LogP contribution in [0.25, 0.3) is 0 Å². The second-order valence-corrected chi connectivity index (χ2v) is 8.48. The van der Waals surface area contributed by atoms with E-state index in [9.17, 15) is 15.0 Å². The summed E-state index contributed by atoms with van der Waals surface area (Å²) in [6.07, 6.45) is 5.03. The van der Waals surface area contributed by atoms with Gasteiger partial charge in [-0.2, -0.15) is 11.8 Å². The minimum atomic E-state index is -1.08. The molecule has 10 nitrogen and oxygen atoms in total. The van der Waals surface area contributed by atoms with E-state index in [0.717, 1.165) is 19.3 Å². The largest absolute Gasteiger partial charge is 0.466 e. The summed E-state index contributed by atoms with van der Waals surface area (Å²) in [7, 11) is 0. The molecule has 1 aromatic heterocycles. The molecule has 0 saturated carbocycles. The molecule has 3 heterocycles. The zero-order chi connectivity index (χ0) is 21.7. The van der Waals surface area contributed by atoms with E-state index in [1.54, 1.807) is 29.6 Å². The van der Waals surface area contributed by atoms with Gasteiger partial charge in [-0.05, 0) is 32.4 Å². The smallest absolute Gasteiger partial charge is 0.305 e. The Labute approximate surface area is 180 Å². The molecule has 0 aliphatic carbocycles. The average molecular weight is 442 g/mol. The molecule has 168 valence electrons. The highest BCUT2D eigenvalue weighted by molar-refractivity contribution is 7.98. The summed E-state index contributed by atoms with van der Waals surface area (Å²) in [5.74, 6) is 0.896. The number of nitrogens with zero attached hydrogens (tertiary/aromatic N) is 3. The number of hydrogen-bond donors (Lipinski definition) is 4. The number of ether oxygens (including phenoxy) is 2. The lowest BCUT2D eigenvalue weighted by atomic mass is 9.97. The quantitative estimate of drug-likeness (QED) is 0.305. The first kappa shape index (κ1) is 23.0. The van der Waals surface area contributed by atoms with Gasteiger partial charge in [0.1, 0.15) is 23.6 Å². The average Bonchev–Trinajstić information content (AvgIpc) is 3.26. The van der Waals surface area contributed by atoms with Crippen molar-refractivity contribution < 1.29 is 24.5 Å². The number of unbranched alkanes of at least 4 members (excludes halogenated alkanes) is 2. The number of esters is 1. The van der Waals surface area contributed by atoms with E-state index in [0.29, 0.717) is 36.7 Å². The number of nitrogens with two attached hydrogens (primary N) is 1. The second kappa shape index (κ2) is 10.1. The lowest BCUT2D eigenvalue weighted by Gasteiger charge is -2.31. The van der Waals surface area contributed by atoms with Crippen LogP contribution in [-0.2, 0) is 19.9 Å². The Hall–Kier alpha value is -1.66. The van der Waals surface area contributed by atoms with E-state index in [-0.39, 0.29) is 5.97 Å². The minimum Gasteiger partial charge on any atom is -0.466 e. The van der Waals surface area contributed by atoms with Crippen molar-refractivity contribution in [3.63, 3.8) is 0 Å². The Kier molecular flexibility index (Phi) is 7.75. The van der Waals surface area contributed by atoms with Crippen LogP contribution in [0.2, 0.25) is 0 Å². The molecule has 1 aromatic rings. The summed E-state index contributed by atoms with van der Waals surface area (Å²) >= 11 is 1.54. The van der Waals surface area contributed by atoms with Crippen molar-refractivity contribution in [2.45, 2.75) is 69.2 Å².